The maximum Gasteiger partial charge on any atom is 0.228 e. The number of benzene rings is 1. The third kappa shape index (κ3) is 2.80. The molecule has 1 unspecified atom stereocenters. The van der Waals surface area contributed by atoms with Crippen molar-refractivity contribution in [3.8, 4) is 5.75 Å². The zero-order valence-corrected chi connectivity index (χ0v) is 12.5. The van der Waals surface area contributed by atoms with E-state index in [4.69, 9.17) is 4.74 Å². The Morgan fingerprint density at radius 1 is 1.50 bits per heavy atom. The summed E-state index contributed by atoms with van der Waals surface area (Å²) in [4.78, 5) is 12.6. The first-order valence-corrected chi connectivity index (χ1v) is 7.27. The molecule has 1 amide bonds. The van der Waals surface area contributed by atoms with Crippen LogP contribution >= 0.6 is 0 Å². The minimum atomic E-state index is -0.254. The topological polar surface area (TPSA) is 50.4 Å². The van der Waals surface area contributed by atoms with Gasteiger partial charge in [0.1, 0.15) is 5.75 Å². The monoisotopic (exact) mass is 276 g/mol. The van der Waals surface area contributed by atoms with Crippen molar-refractivity contribution in [2.24, 2.45) is 5.41 Å². The molecular weight excluding hydrogens is 252 g/mol. The third-order valence-corrected chi connectivity index (χ3v) is 4.36. The zero-order valence-electron chi connectivity index (χ0n) is 12.5. The van der Waals surface area contributed by atoms with E-state index in [1.807, 2.05) is 31.2 Å². The Labute approximate surface area is 120 Å². The highest BCUT2D eigenvalue weighted by atomic mass is 16.5. The van der Waals surface area contributed by atoms with Crippen LogP contribution in [0.4, 0.5) is 0 Å². The van der Waals surface area contributed by atoms with Crippen molar-refractivity contribution in [3.63, 3.8) is 0 Å². The number of carbonyl (C=O) groups excluding carboxylic acids is 1. The van der Waals surface area contributed by atoms with E-state index in [0.717, 1.165) is 37.2 Å². The molecular formula is C16H24N2O2. The van der Waals surface area contributed by atoms with Crippen molar-refractivity contribution >= 4 is 5.91 Å². The van der Waals surface area contributed by atoms with E-state index in [0.29, 0.717) is 0 Å². The standard InChI is InChI=1S/C16H24N2O2/c1-4-16(9-10-17-11-16)15(19)18-12(2)13-7-5-6-8-14(13)20-3/h5-8,12,17H,4,9-11H2,1-3H3,(H,18,19)/t12-,16?/m0/s1. The van der Waals surface area contributed by atoms with Gasteiger partial charge in [-0.2, -0.15) is 0 Å². The molecule has 1 heterocycles. The van der Waals surface area contributed by atoms with Gasteiger partial charge in [-0.25, -0.2) is 0 Å². The van der Waals surface area contributed by atoms with Crippen LogP contribution in [0.15, 0.2) is 24.3 Å². The average molecular weight is 276 g/mol. The number of hydrogen-bond acceptors (Lipinski definition) is 3. The quantitative estimate of drug-likeness (QED) is 0.867. The molecule has 1 fully saturated rings. The SMILES string of the molecule is CCC1(C(=O)N[C@@H](C)c2ccccc2OC)CCNC1. The molecule has 1 aliphatic heterocycles. The van der Waals surface area contributed by atoms with Gasteiger partial charge in [-0.05, 0) is 32.4 Å². The summed E-state index contributed by atoms with van der Waals surface area (Å²) < 4.78 is 5.36. The van der Waals surface area contributed by atoms with Crippen LogP contribution in [-0.4, -0.2) is 26.1 Å². The van der Waals surface area contributed by atoms with Crippen LogP contribution in [0.2, 0.25) is 0 Å². The van der Waals surface area contributed by atoms with Gasteiger partial charge in [-0.3, -0.25) is 4.79 Å². The van der Waals surface area contributed by atoms with Gasteiger partial charge < -0.3 is 15.4 Å². The second-order valence-corrected chi connectivity index (χ2v) is 5.50. The molecule has 4 heteroatoms. The maximum atomic E-state index is 12.6. The van der Waals surface area contributed by atoms with Gasteiger partial charge in [0.15, 0.2) is 0 Å². The summed E-state index contributed by atoms with van der Waals surface area (Å²) >= 11 is 0. The van der Waals surface area contributed by atoms with Crippen molar-refractivity contribution in [2.75, 3.05) is 20.2 Å². The van der Waals surface area contributed by atoms with Crippen LogP contribution in [0.5, 0.6) is 5.75 Å². The van der Waals surface area contributed by atoms with Crippen LogP contribution in [0, 0.1) is 5.41 Å². The summed E-state index contributed by atoms with van der Waals surface area (Å²) in [6, 6.07) is 7.76. The van der Waals surface area contributed by atoms with Crippen LogP contribution in [0.1, 0.15) is 38.3 Å². The summed E-state index contributed by atoms with van der Waals surface area (Å²) in [7, 11) is 1.65. The molecule has 4 nitrogen and oxygen atoms in total. The molecule has 0 aliphatic carbocycles. The largest absolute Gasteiger partial charge is 0.496 e. The lowest BCUT2D eigenvalue weighted by atomic mass is 9.83. The number of methoxy groups -OCH3 is 1. The second kappa shape index (κ2) is 6.27. The van der Waals surface area contributed by atoms with Crippen molar-refractivity contribution in [3.05, 3.63) is 29.8 Å². The van der Waals surface area contributed by atoms with Gasteiger partial charge in [0.2, 0.25) is 5.91 Å². The number of rotatable bonds is 5. The Kier molecular flexibility index (Phi) is 4.65. The smallest absolute Gasteiger partial charge is 0.228 e. The van der Waals surface area contributed by atoms with E-state index in [9.17, 15) is 4.79 Å². The Balaban J connectivity index is 2.11. The van der Waals surface area contributed by atoms with Crippen LogP contribution in [0.3, 0.4) is 0 Å². The summed E-state index contributed by atoms with van der Waals surface area (Å²) in [5, 5.41) is 6.44. The molecule has 20 heavy (non-hydrogen) atoms. The van der Waals surface area contributed by atoms with Crippen LogP contribution in [-0.2, 0) is 4.79 Å². The first-order valence-electron chi connectivity index (χ1n) is 7.27. The molecule has 0 saturated carbocycles. The van der Waals surface area contributed by atoms with Gasteiger partial charge in [0.05, 0.1) is 18.6 Å². The second-order valence-electron chi connectivity index (χ2n) is 5.50. The third-order valence-electron chi connectivity index (χ3n) is 4.36. The molecule has 2 atom stereocenters. The van der Waals surface area contributed by atoms with Gasteiger partial charge in [-0.15, -0.1) is 0 Å². The van der Waals surface area contributed by atoms with Gasteiger partial charge in [0, 0.05) is 12.1 Å². The molecule has 1 aromatic rings. The predicted molar refractivity (Wildman–Crippen MR) is 79.8 cm³/mol. The highest BCUT2D eigenvalue weighted by Gasteiger charge is 2.39. The Morgan fingerprint density at radius 3 is 2.85 bits per heavy atom. The zero-order chi connectivity index (χ0) is 14.6. The first-order chi connectivity index (χ1) is 9.63. The van der Waals surface area contributed by atoms with Crippen molar-refractivity contribution in [1.29, 1.82) is 0 Å². The number of para-hydroxylation sites is 1. The van der Waals surface area contributed by atoms with E-state index in [1.54, 1.807) is 7.11 Å². The highest BCUT2D eigenvalue weighted by Crippen LogP contribution is 2.31. The fourth-order valence-corrected chi connectivity index (χ4v) is 2.85. The van der Waals surface area contributed by atoms with Crippen molar-refractivity contribution < 1.29 is 9.53 Å². The van der Waals surface area contributed by atoms with Gasteiger partial charge >= 0.3 is 0 Å². The Bertz CT molecular complexity index is 467. The minimum Gasteiger partial charge on any atom is -0.496 e. The molecule has 0 aromatic heterocycles. The first kappa shape index (κ1) is 14.9. The van der Waals surface area contributed by atoms with Crippen LogP contribution in [0.25, 0.3) is 0 Å². The number of hydrogen-bond donors (Lipinski definition) is 2. The number of amides is 1. The van der Waals surface area contributed by atoms with E-state index >= 15 is 0 Å². The lowest BCUT2D eigenvalue weighted by Crippen LogP contribution is -2.43. The fourth-order valence-electron chi connectivity index (χ4n) is 2.85. The molecule has 2 rings (SSSR count). The minimum absolute atomic E-state index is 0.0531. The lowest BCUT2D eigenvalue weighted by Gasteiger charge is -2.28. The molecule has 2 N–H and O–H groups in total. The molecule has 0 spiro atoms. The highest BCUT2D eigenvalue weighted by molar-refractivity contribution is 5.83. The fraction of sp³-hybridized carbons (Fsp3) is 0.562. The van der Waals surface area contributed by atoms with Crippen molar-refractivity contribution in [2.45, 2.75) is 32.7 Å². The maximum absolute atomic E-state index is 12.6. The van der Waals surface area contributed by atoms with E-state index < -0.39 is 0 Å². The summed E-state index contributed by atoms with van der Waals surface area (Å²) in [5.74, 6) is 0.957. The van der Waals surface area contributed by atoms with Gasteiger partial charge in [0.25, 0.3) is 0 Å². The lowest BCUT2D eigenvalue weighted by molar-refractivity contribution is -0.131. The summed E-state index contributed by atoms with van der Waals surface area (Å²) in [6.07, 6.45) is 1.78. The molecule has 110 valence electrons. The number of ether oxygens (including phenoxy) is 1. The molecule has 1 aromatic carbocycles. The molecule has 1 aliphatic rings. The number of carbonyl (C=O) groups is 1. The predicted octanol–water partition coefficient (Wildman–Crippen LogP) is 2.26. The van der Waals surface area contributed by atoms with Crippen molar-refractivity contribution in [1.82, 2.24) is 10.6 Å². The summed E-state index contributed by atoms with van der Waals surface area (Å²) in [6.45, 7) is 5.78. The molecule has 0 bridgehead atoms. The molecule has 0 radical (unpaired) electrons. The molecule has 1 saturated heterocycles. The average Bonchev–Trinajstić information content (AvgIpc) is 2.97. The Morgan fingerprint density at radius 2 is 2.25 bits per heavy atom. The Hall–Kier alpha value is -1.55. The number of nitrogens with one attached hydrogen (secondary N) is 2. The van der Waals surface area contributed by atoms with E-state index in [2.05, 4.69) is 17.6 Å². The van der Waals surface area contributed by atoms with E-state index in [1.165, 1.54) is 0 Å². The van der Waals surface area contributed by atoms with E-state index in [-0.39, 0.29) is 17.4 Å². The van der Waals surface area contributed by atoms with Crippen LogP contribution < -0.4 is 15.4 Å². The summed E-state index contributed by atoms with van der Waals surface area (Å²) in [5.41, 5.74) is 0.761. The normalized spacial score (nSPS) is 23.4. The van der Waals surface area contributed by atoms with Gasteiger partial charge in [-0.1, -0.05) is 25.1 Å².